The first-order valence-electron chi connectivity index (χ1n) is 7.84. The lowest BCUT2D eigenvalue weighted by Gasteiger charge is -2.24. The van der Waals surface area contributed by atoms with E-state index in [0.717, 1.165) is 0 Å². The highest BCUT2D eigenvalue weighted by atomic mass is 16.4. The molecule has 0 amide bonds. The van der Waals surface area contributed by atoms with Gasteiger partial charge in [0.2, 0.25) is 0 Å². The van der Waals surface area contributed by atoms with Gasteiger partial charge in [-0.3, -0.25) is 9.59 Å². The molecule has 0 aromatic carbocycles. The Morgan fingerprint density at radius 2 is 0.750 bits per heavy atom. The monoisotopic (exact) mass is 420 g/mol. The van der Waals surface area contributed by atoms with Gasteiger partial charge in [-0.15, -0.1) is 0 Å². The standard InChI is InChI=1S/2C7H14O7/c2*8-1-3(10)5(12)7(14)6(13)4(11)2-9/h2*3,5-10,12-14H,1-2H2. The Hall–Kier alpha value is -1.14. The van der Waals surface area contributed by atoms with Crippen molar-refractivity contribution in [2.45, 2.75) is 48.8 Å². The molecule has 0 aliphatic heterocycles. The first-order chi connectivity index (χ1) is 12.9. The predicted molar refractivity (Wildman–Crippen MR) is 86.4 cm³/mol. The fourth-order valence-corrected chi connectivity index (χ4v) is 1.61. The molecule has 0 heterocycles. The van der Waals surface area contributed by atoms with Crippen molar-refractivity contribution in [1.82, 2.24) is 0 Å². The lowest BCUT2D eigenvalue weighted by Crippen LogP contribution is -2.49. The van der Waals surface area contributed by atoms with Crippen molar-refractivity contribution in [2.24, 2.45) is 0 Å². The highest BCUT2D eigenvalue weighted by Gasteiger charge is 2.34. The molecule has 8 atom stereocenters. The van der Waals surface area contributed by atoms with E-state index in [0.29, 0.717) is 0 Å². The average Bonchev–Trinajstić information content (AvgIpc) is 2.73. The van der Waals surface area contributed by atoms with Gasteiger partial charge < -0.3 is 61.3 Å². The molecule has 0 spiro atoms. The summed E-state index contributed by atoms with van der Waals surface area (Å²) in [6, 6.07) is 0. The van der Waals surface area contributed by atoms with E-state index in [-0.39, 0.29) is 0 Å². The smallest absolute Gasteiger partial charge is 0.189 e. The van der Waals surface area contributed by atoms with Gasteiger partial charge in [-0.25, -0.2) is 0 Å². The average molecular weight is 420 g/mol. The quantitative estimate of drug-likeness (QED) is 0.140. The van der Waals surface area contributed by atoms with E-state index in [9.17, 15) is 9.59 Å². The summed E-state index contributed by atoms with van der Waals surface area (Å²) in [7, 11) is 0. The zero-order chi connectivity index (χ0) is 22.6. The summed E-state index contributed by atoms with van der Waals surface area (Å²) in [4.78, 5) is 21.3. The summed E-state index contributed by atoms with van der Waals surface area (Å²) in [6.07, 6.45) is -14.9. The number of carbonyl (C=O) groups excluding carboxylic acids is 2. The van der Waals surface area contributed by atoms with Crippen LogP contribution in [0.4, 0.5) is 0 Å². The highest BCUT2D eigenvalue weighted by molar-refractivity contribution is 5.84. The van der Waals surface area contributed by atoms with Crippen molar-refractivity contribution in [3.05, 3.63) is 0 Å². The number of aliphatic hydroxyl groups is 12. The van der Waals surface area contributed by atoms with E-state index in [2.05, 4.69) is 0 Å². The first kappa shape index (κ1) is 29.1. The molecular weight excluding hydrogens is 392 g/mol. The molecule has 0 aromatic heterocycles. The Kier molecular flexibility index (Phi) is 15.4. The van der Waals surface area contributed by atoms with E-state index >= 15 is 0 Å². The third-order valence-corrected chi connectivity index (χ3v) is 3.48. The minimum Gasteiger partial charge on any atom is -0.394 e. The zero-order valence-corrected chi connectivity index (χ0v) is 14.6. The van der Waals surface area contributed by atoms with Gasteiger partial charge in [-0.1, -0.05) is 0 Å². The molecule has 0 fully saturated rings. The van der Waals surface area contributed by atoms with Crippen molar-refractivity contribution in [3.63, 3.8) is 0 Å². The van der Waals surface area contributed by atoms with Gasteiger partial charge in [0, 0.05) is 0 Å². The van der Waals surface area contributed by atoms with Gasteiger partial charge in [-0.05, 0) is 0 Å². The van der Waals surface area contributed by atoms with Crippen molar-refractivity contribution >= 4 is 11.6 Å². The van der Waals surface area contributed by atoms with Gasteiger partial charge in [-0.2, -0.15) is 0 Å². The van der Waals surface area contributed by atoms with Crippen molar-refractivity contribution in [1.29, 1.82) is 0 Å². The van der Waals surface area contributed by atoms with Gasteiger partial charge >= 0.3 is 0 Å². The number of hydrogen-bond donors (Lipinski definition) is 12. The Bertz CT molecular complexity index is 406. The lowest BCUT2D eigenvalue weighted by molar-refractivity contribution is -0.149. The van der Waals surface area contributed by atoms with Crippen LogP contribution < -0.4 is 0 Å². The second kappa shape index (κ2) is 14.8. The molecule has 28 heavy (non-hydrogen) atoms. The topological polar surface area (TPSA) is 277 Å². The largest absolute Gasteiger partial charge is 0.394 e. The molecule has 14 nitrogen and oxygen atoms in total. The van der Waals surface area contributed by atoms with E-state index in [4.69, 9.17) is 61.3 Å². The first-order valence-corrected chi connectivity index (χ1v) is 7.84. The molecule has 0 saturated carbocycles. The van der Waals surface area contributed by atoms with Crippen LogP contribution in [0.25, 0.3) is 0 Å². The van der Waals surface area contributed by atoms with Crippen LogP contribution in [0.2, 0.25) is 0 Å². The van der Waals surface area contributed by atoms with Crippen LogP contribution in [0.5, 0.6) is 0 Å². The number of carbonyl (C=O) groups is 2. The summed E-state index contributed by atoms with van der Waals surface area (Å²) >= 11 is 0. The minimum absolute atomic E-state index is 0.821. The molecule has 0 aromatic rings. The number of aliphatic hydroxyl groups excluding tert-OH is 12. The second-order valence-electron chi connectivity index (χ2n) is 5.60. The van der Waals surface area contributed by atoms with E-state index in [1.165, 1.54) is 0 Å². The van der Waals surface area contributed by atoms with Gasteiger partial charge in [0.1, 0.15) is 62.0 Å². The SMILES string of the molecule is O=C(CO)C(O)C(O)C(O)C(O)CO.O=C(CO)C(O)C(O)C(O)C(O)CO. The number of ketones is 2. The van der Waals surface area contributed by atoms with Crippen LogP contribution in [-0.2, 0) is 9.59 Å². The summed E-state index contributed by atoms with van der Waals surface area (Å²) in [5, 5.41) is 105. The van der Waals surface area contributed by atoms with Gasteiger partial charge in [0.05, 0.1) is 13.2 Å². The Balaban J connectivity index is 0. The maximum absolute atomic E-state index is 10.7. The molecule has 14 heteroatoms. The molecular formula is C14H28O14. The Labute approximate surface area is 158 Å². The highest BCUT2D eigenvalue weighted by Crippen LogP contribution is 2.06. The molecule has 12 N–H and O–H groups in total. The summed E-state index contributed by atoms with van der Waals surface area (Å²) in [5.74, 6) is -2.16. The molecule has 0 rings (SSSR count). The fourth-order valence-electron chi connectivity index (χ4n) is 1.61. The van der Waals surface area contributed by atoms with Crippen LogP contribution in [0.1, 0.15) is 0 Å². The van der Waals surface area contributed by atoms with Gasteiger partial charge in [0.25, 0.3) is 0 Å². The number of hydrogen-bond acceptors (Lipinski definition) is 14. The van der Waals surface area contributed by atoms with Crippen molar-refractivity contribution < 1.29 is 70.9 Å². The fraction of sp³-hybridized carbons (Fsp3) is 0.857. The van der Waals surface area contributed by atoms with Crippen LogP contribution in [0, 0.1) is 0 Å². The molecule has 0 aliphatic rings. The maximum Gasteiger partial charge on any atom is 0.189 e. The maximum atomic E-state index is 10.7. The molecule has 0 bridgehead atoms. The third-order valence-electron chi connectivity index (χ3n) is 3.48. The summed E-state index contributed by atoms with van der Waals surface area (Å²) in [6.45, 7) is -3.61. The molecule has 8 unspecified atom stereocenters. The lowest BCUT2D eigenvalue weighted by atomic mass is 10.0. The molecule has 0 aliphatic carbocycles. The number of Topliss-reactive ketones (excluding diaryl/α,β-unsaturated/α-hetero) is 2. The third kappa shape index (κ3) is 9.37. The predicted octanol–water partition coefficient (Wildman–Crippen LogP) is -8.03. The van der Waals surface area contributed by atoms with E-state index in [1.807, 2.05) is 0 Å². The Morgan fingerprint density at radius 3 is 0.929 bits per heavy atom. The van der Waals surface area contributed by atoms with E-state index < -0.39 is 86.8 Å². The summed E-state index contributed by atoms with van der Waals surface area (Å²) < 4.78 is 0. The Morgan fingerprint density at radius 1 is 0.500 bits per heavy atom. The number of rotatable bonds is 12. The molecule has 0 saturated heterocycles. The van der Waals surface area contributed by atoms with Crippen LogP contribution in [-0.4, -0.2) is 148 Å². The molecule has 168 valence electrons. The van der Waals surface area contributed by atoms with Crippen LogP contribution >= 0.6 is 0 Å². The summed E-state index contributed by atoms with van der Waals surface area (Å²) in [5.41, 5.74) is 0. The van der Waals surface area contributed by atoms with E-state index in [1.54, 1.807) is 0 Å². The minimum atomic E-state index is -1.99. The van der Waals surface area contributed by atoms with Crippen molar-refractivity contribution in [2.75, 3.05) is 26.4 Å². The zero-order valence-electron chi connectivity index (χ0n) is 14.6. The molecule has 0 radical (unpaired) electrons. The van der Waals surface area contributed by atoms with Gasteiger partial charge in [0.15, 0.2) is 11.6 Å². The van der Waals surface area contributed by atoms with Crippen LogP contribution in [0.15, 0.2) is 0 Å². The second-order valence-corrected chi connectivity index (χ2v) is 5.60. The van der Waals surface area contributed by atoms with Crippen molar-refractivity contribution in [3.8, 4) is 0 Å². The van der Waals surface area contributed by atoms with Crippen LogP contribution in [0.3, 0.4) is 0 Å². The normalized spacial score (nSPS) is 19.9.